The molecule has 0 spiro atoms. The standard InChI is InChI=1S/C27H30N4O2S2/c1-4-12-30-24(29-13-10-18(2)11-14-29)21(19(3)22(16-28)25(30)32)15-23-26(33)31(27(34)35-23)17-20-8-6-5-7-9-20/h5-9,15,18H,4,10-14,17H2,1-3H3/b23-15+. The van der Waals surface area contributed by atoms with Gasteiger partial charge >= 0.3 is 0 Å². The number of hydrogen-bond acceptors (Lipinski definition) is 6. The number of thioether (sulfide) groups is 1. The number of nitrogens with zero attached hydrogens (tertiary/aromatic N) is 4. The quantitative estimate of drug-likeness (QED) is 0.402. The first kappa shape index (κ1) is 25.2. The summed E-state index contributed by atoms with van der Waals surface area (Å²) in [4.78, 5) is 31.1. The van der Waals surface area contributed by atoms with Gasteiger partial charge in [-0.3, -0.25) is 19.1 Å². The molecule has 1 amide bonds. The third kappa shape index (κ3) is 5.07. The molecule has 2 aliphatic rings. The van der Waals surface area contributed by atoms with Crippen LogP contribution in [-0.2, 0) is 17.9 Å². The maximum absolute atomic E-state index is 13.4. The fourth-order valence-electron chi connectivity index (χ4n) is 4.67. The van der Waals surface area contributed by atoms with Crippen molar-refractivity contribution in [1.29, 1.82) is 5.26 Å². The van der Waals surface area contributed by atoms with Crippen molar-refractivity contribution in [3.8, 4) is 6.07 Å². The van der Waals surface area contributed by atoms with Crippen LogP contribution in [0.3, 0.4) is 0 Å². The Balaban J connectivity index is 1.82. The van der Waals surface area contributed by atoms with Crippen molar-refractivity contribution in [3.63, 3.8) is 0 Å². The van der Waals surface area contributed by atoms with Gasteiger partial charge in [0.1, 0.15) is 21.8 Å². The molecule has 0 N–H and O–H groups in total. The summed E-state index contributed by atoms with van der Waals surface area (Å²) in [5, 5.41) is 9.81. The Kier molecular flexibility index (Phi) is 7.78. The Hall–Kier alpha value is -2.89. The molecular weight excluding hydrogens is 476 g/mol. The van der Waals surface area contributed by atoms with Crippen molar-refractivity contribution in [2.45, 2.75) is 53.1 Å². The van der Waals surface area contributed by atoms with Gasteiger partial charge in [-0.2, -0.15) is 5.26 Å². The number of aromatic nitrogens is 1. The Labute approximate surface area is 216 Å². The Morgan fingerprint density at radius 1 is 1.20 bits per heavy atom. The summed E-state index contributed by atoms with van der Waals surface area (Å²) in [6, 6.07) is 11.9. The summed E-state index contributed by atoms with van der Waals surface area (Å²) < 4.78 is 2.25. The van der Waals surface area contributed by atoms with Gasteiger partial charge in [-0.05, 0) is 49.3 Å². The number of anilines is 1. The number of benzene rings is 1. The molecule has 1 aromatic carbocycles. The average molecular weight is 507 g/mol. The molecule has 35 heavy (non-hydrogen) atoms. The van der Waals surface area contributed by atoms with Gasteiger partial charge in [0.15, 0.2) is 0 Å². The van der Waals surface area contributed by atoms with Gasteiger partial charge < -0.3 is 4.90 Å². The number of rotatable bonds is 6. The molecule has 0 saturated carbocycles. The molecule has 0 unspecified atom stereocenters. The van der Waals surface area contributed by atoms with Crippen molar-refractivity contribution in [1.82, 2.24) is 9.47 Å². The van der Waals surface area contributed by atoms with Gasteiger partial charge in [0, 0.05) is 25.2 Å². The van der Waals surface area contributed by atoms with E-state index in [0.717, 1.165) is 49.3 Å². The van der Waals surface area contributed by atoms with Crippen molar-refractivity contribution in [2.24, 2.45) is 5.92 Å². The summed E-state index contributed by atoms with van der Waals surface area (Å²) in [5.41, 5.74) is 2.27. The monoisotopic (exact) mass is 506 g/mol. The summed E-state index contributed by atoms with van der Waals surface area (Å²) in [6.45, 7) is 8.69. The van der Waals surface area contributed by atoms with Crippen LogP contribution in [0.4, 0.5) is 5.82 Å². The third-order valence-corrected chi connectivity index (χ3v) is 8.09. The van der Waals surface area contributed by atoms with E-state index in [4.69, 9.17) is 12.2 Å². The molecule has 0 bridgehead atoms. The fraction of sp³-hybridized carbons (Fsp3) is 0.407. The average Bonchev–Trinajstić information content (AvgIpc) is 3.11. The van der Waals surface area contributed by atoms with Crippen molar-refractivity contribution >= 4 is 46.1 Å². The van der Waals surface area contributed by atoms with Gasteiger partial charge in [-0.25, -0.2) is 0 Å². The molecule has 0 atom stereocenters. The van der Waals surface area contributed by atoms with Gasteiger partial charge in [0.2, 0.25) is 0 Å². The van der Waals surface area contributed by atoms with Crippen LogP contribution in [0.1, 0.15) is 55.4 Å². The highest BCUT2D eigenvalue weighted by molar-refractivity contribution is 8.26. The van der Waals surface area contributed by atoms with E-state index in [2.05, 4.69) is 17.9 Å². The molecule has 6 nitrogen and oxygen atoms in total. The van der Waals surface area contributed by atoms with E-state index < -0.39 is 0 Å². The molecular formula is C27H30N4O2S2. The second-order valence-electron chi connectivity index (χ2n) is 9.23. The number of hydrogen-bond donors (Lipinski definition) is 0. The first-order chi connectivity index (χ1) is 16.8. The fourth-order valence-corrected chi connectivity index (χ4v) is 5.91. The van der Waals surface area contributed by atoms with E-state index in [1.165, 1.54) is 11.8 Å². The number of carbonyl (C=O) groups excluding carboxylic acids is 1. The molecule has 182 valence electrons. The van der Waals surface area contributed by atoms with E-state index in [0.29, 0.717) is 33.8 Å². The van der Waals surface area contributed by atoms with E-state index in [-0.39, 0.29) is 17.0 Å². The minimum absolute atomic E-state index is 0.138. The first-order valence-corrected chi connectivity index (χ1v) is 13.3. The van der Waals surface area contributed by atoms with E-state index in [1.54, 1.807) is 9.47 Å². The highest BCUT2D eigenvalue weighted by Gasteiger charge is 2.33. The predicted molar refractivity (Wildman–Crippen MR) is 146 cm³/mol. The minimum atomic E-state index is -0.255. The van der Waals surface area contributed by atoms with Crippen LogP contribution in [-0.4, -0.2) is 32.8 Å². The number of thiocarbonyl (C=S) groups is 1. The lowest BCUT2D eigenvalue weighted by Crippen LogP contribution is -2.39. The van der Waals surface area contributed by atoms with Gasteiger partial charge in [-0.1, -0.05) is 68.2 Å². The van der Waals surface area contributed by atoms with Crippen molar-refractivity contribution in [3.05, 3.63) is 67.8 Å². The lowest BCUT2D eigenvalue weighted by molar-refractivity contribution is -0.122. The molecule has 2 saturated heterocycles. The highest BCUT2D eigenvalue weighted by atomic mass is 32.2. The number of carbonyl (C=O) groups is 1. The van der Waals surface area contributed by atoms with Crippen LogP contribution in [0.15, 0.2) is 40.0 Å². The van der Waals surface area contributed by atoms with Gasteiger partial charge in [0.05, 0.1) is 11.4 Å². The van der Waals surface area contributed by atoms with Crippen LogP contribution in [0.2, 0.25) is 0 Å². The normalized spacial score (nSPS) is 17.9. The zero-order valence-electron chi connectivity index (χ0n) is 20.4. The maximum atomic E-state index is 13.4. The molecule has 0 aliphatic carbocycles. The Bertz CT molecular complexity index is 1270. The zero-order valence-corrected chi connectivity index (χ0v) is 22.0. The molecule has 1 aromatic heterocycles. The SMILES string of the molecule is CCCn1c(N2CCC(C)CC2)c(/C=C2/SC(=S)N(Cc3ccccc3)C2=O)c(C)c(C#N)c1=O. The summed E-state index contributed by atoms with van der Waals surface area (Å²) in [6.07, 6.45) is 4.69. The number of amides is 1. The maximum Gasteiger partial charge on any atom is 0.270 e. The summed E-state index contributed by atoms with van der Waals surface area (Å²) in [7, 11) is 0. The Morgan fingerprint density at radius 3 is 2.51 bits per heavy atom. The third-order valence-electron chi connectivity index (χ3n) is 6.71. The number of pyridine rings is 1. The number of piperidine rings is 1. The summed E-state index contributed by atoms with van der Waals surface area (Å²) in [5.74, 6) is 1.30. The summed E-state index contributed by atoms with van der Waals surface area (Å²) >= 11 is 6.84. The second-order valence-corrected chi connectivity index (χ2v) is 10.9. The molecule has 2 fully saturated rings. The smallest absolute Gasteiger partial charge is 0.270 e. The molecule has 2 aromatic rings. The van der Waals surface area contributed by atoms with Crippen molar-refractivity contribution < 1.29 is 4.79 Å². The zero-order chi connectivity index (χ0) is 25.1. The molecule has 0 radical (unpaired) electrons. The highest BCUT2D eigenvalue weighted by Crippen LogP contribution is 2.37. The van der Waals surface area contributed by atoms with Gasteiger partial charge in [-0.15, -0.1) is 0 Å². The van der Waals surface area contributed by atoms with Crippen LogP contribution < -0.4 is 10.5 Å². The van der Waals surface area contributed by atoms with E-state index >= 15 is 0 Å². The molecule has 4 rings (SSSR count). The van der Waals surface area contributed by atoms with Crippen molar-refractivity contribution in [2.75, 3.05) is 18.0 Å². The van der Waals surface area contributed by atoms with Crippen LogP contribution >= 0.6 is 24.0 Å². The molecule has 2 aliphatic heterocycles. The van der Waals surface area contributed by atoms with Crippen LogP contribution in [0.5, 0.6) is 0 Å². The van der Waals surface area contributed by atoms with Crippen LogP contribution in [0.25, 0.3) is 6.08 Å². The largest absolute Gasteiger partial charge is 0.357 e. The first-order valence-electron chi connectivity index (χ1n) is 12.1. The van der Waals surface area contributed by atoms with Gasteiger partial charge in [0.25, 0.3) is 11.5 Å². The lowest BCUT2D eigenvalue weighted by Gasteiger charge is -2.35. The second kappa shape index (κ2) is 10.8. The molecule has 3 heterocycles. The van der Waals surface area contributed by atoms with E-state index in [1.807, 2.05) is 50.3 Å². The predicted octanol–water partition coefficient (Wildman–Crippen LogP) is 5.08. The van der Waals surface area contributed by atoms with E-state index in [9.17, 15) is 14.9 Å². The minimum Gasteiger partial charge on any atom is -0.357 e. The van der Waals surface area contributed by atoms with Crippen LogP contribution in [0, 0.1) is 24.2 Å². The molecule has 8 heteroatoms. The topological polar surface area (TPSA) is 69.3 Å². The lowest BCUT2D eigenvalue weighted by atomic mass is 9.97. The number of nitriles is 1. The Morgan fingerprint density at radius 2 is 1.89 bits per heavy atom.